The fraction of sp³-hybridized carbons (Fsp3) is 0.227. The maximum absolute atomic E-state index is 13.6. The van der Waals surface area contributed by atoms with Crippen LogP contribution in [0.25, 0.3) is 22.6 Å². The molecule has 1 amide bonds. The Morgan fingerprint density at radius 2 is 1.67 bits per heavy atom. The van der Waals surface area contributed by atoms with Crippen molar-refractivity contribution in [3.63, 3.8) is 0 Å². The van der Waals surface area contributed by atoms with Crippen molar-refractivity contribution in [1.29, 1.82) is 0 Å². The second-order valence-electron chi connectivity index (χ2n) is 13.8. The number of anilines is 1. The molecule has 7 nitrogen and oxygen atoms in total. The normalized spacial score (nSPS) is 22.1. The lowest BCUT2D eigenvalue weighted by Crippen LogP contribution is -2.36. The number of carboxylic acid groups (broad SMARTS) is 1. The van der Waals surface area contributed by atoms with Crippen LogP contribution in [-0.2, 0) is 16.1 Å². The molecule has 2 saturated heterocycles. The van der Waals surface area contributed by atoms with E-state index in [-0.39, 0.29) is 11.9 Å². The summed E-state index contributed by atoms with van der Waals surface area (Å²) in [5.74, 6) is -0.992. The fourth-order valence-corrected chi connectivity index (χ4v) is 10.9. The van der Waals surface area contributed by atoms with Gasteiger partial charge in [-0.2, -0.15) is 0 Å². The van der Waals surface area contributed by atoms with Gasteiger partial charge in [0.15, 0.2) is 0 Å². The largest absolute Gasteiger partial charge is 0.480 e. The first-order valence-corrected chi connectivity index (χ1v) is 20.3. The summed E-state index contributed by atoms with van der Waals surface area (Å²) in [7, 11) is 0. The van der Waals surface area contributed by atoms with Gasteiger partial charge in [-0.25, -0.2) is 0 Å². The zero-order valence-corrected chi connectivity index (χ0v) is 32.2. The van der Waals surface area contributed by atoms with Gasteiger partial charge >= 0.3 is 5.97 Å². The molecule has 54 heavy (non-hydrogen) atoms. The number of carboxylic acids is 1. The molecule has 3 unspecified atom stereocenters. The number of thiocarbonyl (C=S) groups is 1. The van der Waals surface area contributed by atoms with Crippen LogP contribution in [0.4, 0.5) is 5.69 Å². The number of benzene rings is 3. The highest BCUT2D eigenvalue weighted by Crippen LogP contribution is 2.49. The lowest BCUT2D eigenvalue weighted by molar-refractivity contribution is -0.137. The van der Waals surface area contributed by atoms with E-state index in [1.807, 2.05) is 25.1 Å². The number of aromatic nitrogens is 1. The fourth-order valence-electron chi connectivity index (χ4n) is 8.25. The highest BCUT2D eigenvalue weighted by atomic mass is 32.2. The zero-order valence-electron chi connectivity index (χ0n) is 29.8. The zero-order chi connectivity index (χ0) is 37.3. The van der Waals surface area contributed by atoms with Crippen LogP contribution >= 0.6 is 35.3 Å². The van der Waals surface area contributed by atoms with Crippen molar-refractivity contribution in [3.8, 4) is 0 Å². The van der Waals surface area contributed by atoms with Crippen LogP contribution in [0.5, 0.6) is 0 Å². The number of carbonyl (C=O) groups excluding carboxylic acids is 1. The molecule has 272 valence electrons. The predicted molar refractivity (Wildman–Crippen MR) is 225 cm³/mol. The molecule has 8 rings (SSSR count). The van der Waals surface area contributed by atoms with Crippen molar-refractivity contribution in [2.75, 3.05) is 11.4 Å². The SMILES string of the molecule is CCN1C(=O)/C(=c2/s/c(=C/C3=CCC4C(=C3)C3CCCC3N4c3ccc(/C=C/C=C(c4ccccc4)c4ccccc4)cc3)c(=O)n2CC(=O)O)SC1=S. The molecule has 3 atom stereocenters. The number of thiazole rings is 1. The summed E-state index contributed by atoms with van der Waals surface area (Å²) in [6.07, 6.45) is 17.0. The van der Waals surface area contributed by atoms with Crippen LogP contribution in [0, 0.1) is 5.92 Å². The number of carbonyl (C=O) groups is 2. The molecule has 1 N–H and O–H groups in total. The molecule has 4 aliphatic rings. The summed E-state index contributed by atoms with van der Waals surface area (Å²) < 4.78 is 2.36. The minimum Gasteiger partial charge on any atom is -0.480 e. The number of rotatable bonds is 9. The lowest BCUT2D eigenvalue weighted by atomic mass is 9.88. The van der Waals surface area contributed by atoms with Crippen molar-refractivity contribution >= 4 is 79.8 Å². The maximum Gasteiger partial charge on any atom is 0.323 e. The Hall–Kier alpha value is -5.03. The van der Waals surface area contributed by atoms with E-state index < -0.39 is 18.1 Å². The molecule has 3 heterocycles. The van der Waals surface area contributed by atoms with Gasteiger partial charge in [0.1, 0.15) is 20.4 Å². The quantitative estimate of drug-likeness (QED) is 0.142. The molecule has 2 aliphatic heterocycles. The molecule has 3 fully saturated rings. The molecule has 1 aromatic heterocycles. The van der Waals surface area contributed by atoms with Gasteiger partial charge in [0.05, 0.1) is 10.6 Å². The smallest absolute Gasteiger partial charge is 0.323 e. The van der Waals surface area contributed by atoms with Gasteiger partial charge in [-0.3, -0.25) is 23.9 Å². The molecule has 10 heteroatoms. The van der Waals surface area contributed by atoms with E-state index in [0.29, 0.717) is 36.9 Å². The van der Waals surface area contributed by atoms with Gasteiger partial charge in [-0.1, -0.05) is 134 Å². The third-order valence-electron chi connectivity index (χ3n) is 10.7. The van der Waals surface area contributed by atoms with Crippen LogP contribution < -0.4 is 19.7 Å². The van der Waals surface area contributed by atoms with Crippen LogP contribution in [-0.4, -0.2) is 49.4 Å². The molecular weight excluding hydrogens is 731 g/mol. The number of allylic oxidation sites excluding steroid dienone is 4. The number of thioether (sulfide) groups is 1. The van der Waals surface area contributed by atoms with Crippen LogP contribution in [0.3, 0.4) is 0 Å². The molecule has 1 saturated carbocycles. The summed E-state index contributed by atoms with van der Waals surface area (Å²) in [6.45, 7) is 1.72. The first-order valence-electron chi connectivity index (χ1n) is 18.3. The Morgan fingerprint density at radius 1 is 0.963 bits per heavy atom. The first-order chi connectivity index (χ1) is 26.3. The first kappa shape index (κ1) is 36.0. The number of amides is 1. The Morgan fingerprint density at radius 3 is 2.31 bits per heavy atom. The highest BCUT2D eigenvalue weighted by molar-refractivity contribution is 8.30. The second-order valence-corrected chi connectivity index (χ2v) is 16.5. The average Bonchev–Trinajstić information content (AvgIpc) is 3.93. The number of hydrogen-bond donors (Lipinski definition) is 1. The van der Waals surface area contributed by atoms with Crippen molar-refractivity contribution in [2.24, 2.45) is 5.92 Å². The predicted octanol–water partition coefficient (Wildman–Crippen LogP) is 7.22. The molecule has 3 aromatic carbocycles. The van der Waals surface area contributed by atoms with Gasteiger partial charge in [0.25, 0.3) is 11.5 Å². The summed E-state index contributed by atoms with van der Waals surface area (Å²) in [5.41, 5.74) is 7.83. The number of nitrogens with zero attached hydrogens (tertiary/aromatic N) is 3. The number of aliphatic carboxylic acids is 1. The molecule has 0 spiro atoms. The summed E-state index contributed by atoms with van der Waals surface area (Å²) in [5, 5.41) is 9.63. The molecule has 0 radical (unpaired) electrons. The Bertz CT molecular complexity index is 2400. The maximum atomic E-state index is 13.6. The third kappa shape index (κ3) is 6.90. The van der Waals surface area contributed by atoms with E-state index in [1.165, 1.54) is 43.8 Å². The van der Waals surface area contributed by atoms with E-state index in [4.69, 9.17) is 12.2 Å². The van der Waals surface area contributed by atoms with E-state index in [0.717, 1.165) is 53.5 Å². The van der Waals surface area contributed by atoms with Gasteiger partial charge in [-0.15, -0.1) is 11.3 Å². The van der Waals surface area contributed by atoms with Gasteiger partial charge in [-0.05, 0) is 77.8 Å². The van der Waals surface area contributed by atoms with Crippen LogP contribution in [0.1, 0.15) is 49.3 Å². The van der Waals surface area contributed by atoms with E-state index >= 15 is 0 Å². The third-order valence-corrected chi connectivity index (χ3v) is 13.4. The molecule has 0 bridgehead atoms. The highest BCUT2D eigenvalue weighted by Gasteiger charge is 2.47. The van der Waals surface area contributed by atoms with Crippen LogP contribution in [0.15, 0.2) is 125 Å². The summed E-state index contributed by atoms with van der Waals surface area (Å²) in [4.78, 5) is 43.0. The van der Waals surface area contributed by atoms with Crippen molar-refractivity contribution in [1.82, 2.24) is 9.47 Å². The minimum atomic E-state index is -1.14. The monoisotopic (exact) mass is 769 g/mol. The van der Waals surface area contributed by atoms with Gasteiger partial charge < -0.3 is 10.0 Å². The topological polar surface area (TPSA) is 82.9 Å². The van der Waals surface area contributed by atoms with Crippen molar-refractivity contribution < 1.29 is 14.7 Å². The summed E-state index contributed by atoms with van der Waals surface area (Å²) in [6, 6.07) is 30.5. The van der Waals surface area contributed by atoms with Gasteiger partial charge in [0.2, 0.25) is 0 Å². The van der Waals surface area contributed by atoms with E-state index in [9.17, 15) is 19.5 Å². The molecule has 4 aromatic rings. The van der Waals surface area contributed by atoms with E-state index in [2.05, 4.69) is 108 Å². The average molecular weight is 770 g/mol. The molecular formula is C44H39N3O4S3. The lowest BCUT2D eigenvalue weighted by Gasteiger charge is -2.32. The Kier molecular flexibility index (Phi) is 10.2. The van der Waals surface area contributed by atoms with Crippen LogP contribution in [0.2, 0.25) is 0 Å². The number of fused-ring (bicyclic) bond motifs is 3. The molecule has 2 aliphatic carbocycles. The Labute approximate surface area is 327 Å². The standard InChI is InChI=1S/C44H39N3O4S3/c1-2-45-42(51)40(54-44(45)52)43-46(27-39(48)49)41(50)38(53-43)26-29-21-24-37-35(25-29)34-17-10-18-36(34)47(37)32-22-19-28(20-23-32)11-9-16-33(30-12-5-3-6-13-30)31-14-7-4-8-15-31/h3-9,11-16,19-23,25-26,34,36-37H,2,10,17-18,24,27H2,1H3,(H,48,49)/b11-9+,38-26+,43-40-. The number of hydrogen-bond acceptors (Lipinski definition) is 7. The summed E-state index contributed by atoms with van der Waals surface area (Å²) >= 11 is 7.68. The van der Waals surface area contributed by atoms with Gasteiger partial charge in [0, 0.05) is 24.2 Å². The second kappa shape index (κ2) is 15.4. The Balaban J connectivity index is 1.06. The van der Waals surface area contributed by atoms with Crippen molar-refractivity contribution in [2.45, 2.75) is 51.2 Å². The van der Waals surface area contributed by atoms with E-state index in [1.54, 1.807) is 0 Å². The van der Waals surface area contributed by atoms with Crippen molar-refractivity contribution in [3.05, 3.63) is 157 Å². The minimum absolute atomic E-state index is 0.243.